The van der Waals surface area contributed by atoms with Crippen molar-refractivity contribution in [3.63, 3.8) is 0 Å². The Morgan fingerprint density at radius 3 is 2.67 bits per heavy atom. The molecular weight excluding hydrogens is 314 g/mol. The molecule has 8 heteroatoms. The zero-order valence-electron chi connectivity index (χ0n) is 14.6. The highest BCUT2D eigenvalue weighted by Crippen LogP contribution is 2.33. The maximum Gasteiger partial charge on any atom is 0.410 e. The number of hydrogen-bond donors (Lipinski definition) is 1. The number of carbonyl (C=O) groups excluding carboxylic acids is 2. The predicted molar refractivity (Wildman–Crippen MR) is 87.0 cm³/mol. The van der Waals surface area contributed by atoms with E-state index < -0.39 is 17.6 Å². The van der Waals surface area contributed by atoms with Crippen LogP contribution < -0.4 is 5.32 Å². The third kappa shape index (κ3) is 5.35. The normalized spacial score (nSPS) is 26.6. The molecule has 0 aromatic carbocycles. The first kappa shape index (κ1) is 18.5. The van der Waals surface area contributed by atoms with Crippen molar-refractivity contribution in [1.29, 1.82) is 0 Å². The summed E-state index contributed by atoms with van der Waals surface area (Å²) in [6.45, 7) is 7.36. The van der Waals surface area contributed by atoms with Gasteiger partial charge in [-0.05, 0) is 46.0 Å². The average Bonchev–Trinajstić information content (AvgIpc) is 3.26. The second kappa shape index (κ2) is 7.36. The van der Waals surface area contributed by atoms with Gasteiger partial charge in [-0.2, -0.15) is 0 Å². The van der Waals surface area contributed by atoms with Gasteiger partial charge < -0.3 is 15.0 Å². The molecule has 0 unspecified atom stereocenters. The van der Waals surface area contributed by atoms with Crippen molar-refractivity contribution in [2.24, 2.45) is 11.8 Å². The summed E-state index contributed by atoms with van der Waals surface area (Å²) in [5.41, 5.74) is -0.504. The number of nitrogens with one attached hydrogen (secondary N) is 1. The van der Waals surface area contributed by atoms with Crippen LogP contribution in [0.4, 0.5) is 4.79 Å². The highest BCUT2D eigenvalue weighted by atomic mass is 16.6. The SMILES string of the molecule is CC(C)(C)OC(=O)N1CCC[C@H](CCNC(=O)[C@H]2C[C@H]2[N+](=O)[O-])C1. The van der Waals surface area contributed by atoms with Gasteiger partial charge in [0.1, 0.15) is 11.5 Å². The lowest BCUT2D eigenvalue weighted by atomic mass is 9.95. The Balaban J connectivity index is 1.69. The maximum atomic E-state index is 12.1. The van der Waals surface area contributed by atoms with E-state index in [1.165, 1.54) is 0 Å². The van der Waals surface area contributed by atoms with E-state index in [0.29, 0.717) is 32.0 Å². The van der Waals surface area contributed by atoms with Crippen molar-refractivity contribution in [2.45, 2.75) is 58.1 Å². The fourth-order valence-electron chi connectivity index (χ4n) is 3.02. The first-order valence-corrected chi connectivity index (χ1v) is 8.56. The Morgan fingerprint density at radius 2 is 2.08 bits per heavy atom. The van der Waals surface area contributed by atoms with Crippen molar-refractivity contribution in [3.05, 3.63) is 10.1 Å². The first-order chi connectivity index (χ1) is 11.2. The van der Waals surface area contributed by atoms with Gasteiger partial charge in [0.2, 0.25) is 11.9 Å². The lowest BCUT2D eigenvalue weighted by Gasteiger charge is -2.34. The minimum Gasteiger partial charge on any atom is -0.444 e. The largest absolute Gasteiger partial charge is 0.444 e. The number of nitrogens with zero attached hydrogens (tertiary/aromatic N) is 2. The molecule has 0 radical (unpaired) electrons. The predicted octanol–water partition coefficient (Wildman–Crippen LogP) is 1.81. The molecule has 24 heavy (non-hydrogen) atoms. The van der Waals surface area contributed by atoms with E-state index in [-0.39, 0.29) is 16.9 Å². The van der Waals surface area contributed by atoms with Crippen LogP contribution in [0.5, 0.6) is 0 Å². The molecule has 0 bridgehead atoms. The lowest BCUT2D eigenvalue weighted by Crippen LogP contribution is -2.43. The summed E-state index contributed by atoms with van der Waals surface area (Å²) in [5, 5.41) is 13.4. The summed E-state index contributed by atoms with van der Waals surface area (Å²) < 4.78 is 5.40. The zero-order valence-corrected chi connectivity index (χ0v) is 14.6. The molecule has 0 spiro atoms. The van der Waals surface area contributed by atoms with Crippen molar-refractivity contribution >= 4 is 12.0 Å². The standard InChI is InChI=1S/C16H27N3O5/c1-16(2,3)24-15(21)18-8-4-5-11(10-18)6-7-17-14(20)12-9-13(12)19(22)23/h11-13H,4-10H2,1-3H3,(H,17,20)/t11-,12+,13-/m1/s1. The Hall–Kier alpha value is -1.86. The van der Waals surface area contributed by atoms with Crippen LogP contribution in [0.25, 0.3) is 0 Å². The number of hydrogen-bond acceptors (Lipinski definition) is 5. The third-order valence-corrected chi connectivity index (χ3v) is 4.39. The summed E-state index contributed by atoms with van der Waals surface area (Å²) in [4.78, 5) is 35.8. The van der Waals surface area contributed by atoms with Crippen molar-refractivity contribution in [1.82, 2.24) is 10.2 Å². The van der Waals surface area contributed by atoms with E-state index in [2.05, 4.69) is 5.32 Å². The molecule has 1 aliphatic heterocycles. The molecule has 0 aromatic heterocycles. The number of piperidine rings is 1. The van der Waals surface area contributed by atoms with Crippen LogP contribution in [-0.4, -0.2) is 53.1 Å². The molecule has 8 nitrogen and oxygen atoms in total. The Kier molecular flexibility index (Phi) is 5.66. The second-order valence-electron chi connectivity index (χ2n) is 7.71. The van der Waals surface area contributed by atoms with Gasteiger partial charge in [-0.3, -0.25) is 14.9 Å². The molecule has 136 valence electrons. The molecule has 2 aliphatic rings. The molecule has 1 saturated heterocycles. The van der Waals surface area contributed by atoms with Crippen LogP contribution >= 0.6 is 0 Å². The van der Waals surface area contributed by atoms with E-state index in [1.54, 1.807) is 4.90 Å². The van der Waals surface area contributed by atoms with Gasteiger partial charge in [-0.15, -0.1) is 0 Å². The molecule has 1 heterocycles. The number of carbonyl (C=O) groups is 2. The van der Waals surface area contributed by atoms with Crippen LogP contribution in [0.1, 0.15) is 46.5 Å². The lowest BCUT2D eigenvalue weighted by molar-refractivity contribution is -0.497. The first-order valence-electron chi connectivity index (χ1n) is 8.56. The Bertz CT molecular complexity index is 502. The second-order valence-corrected chi connectivity index (χ2v) is 7.71. The number of nitro groups is 1. The number of likely N-dealkylation sites (tertiary alicyclic amines) is 1. The van der Waals surface area contributed by atoms with Crippen molar-refractivity contribution in [2.75, 3.05) is 19.6 Å². The van der Waals surface area contributed by atoms with Gasteiger partial charge in [0.15, 0.2) is 0 Å². The fraction of sp³-hybridized carbons (Fsp3) is 0.875. The number of amides is 2. The minimum atomic E-state index is -0.706. The van der Waals surface area contributed by atoms with Crippen LogP contribution in [0.15, 0.2) is 0 Å². The summed E-state index contributed by atoms with van der Waals surface area (Å²) >= 11 is 0. The highest BCUT2D eigenvalue weighted by Gasteiger charge is 2.53. The van der Waals surface area contributed by atoms with E-state index in [1.807, 2.05) is 20.8 Å². The molecule has 0 aromatic rings. The number of rotatable bonds is 5. The minimum absolute atomic E-state index is 0.225. The van der Waals surface area contributed by atoms with E-state index in [0.717, 1.165) is 19.3 Å². The van der Waals surface area contributed by atoms with Crippen molar-refractivity contribution < 1.29 is 19.2 Å². The molecule has 1 aliphatic carbocycles. The summed E-state index contributed by atoms with van der Waals surface area (Å²) in [6.07, 6.45) is 2.75. The molecule has 3 atom stereocenters. The van der Waals surface area contributed by atoms with Crippen LogP contribution in [0.3, 0.4) is 0 Å². The smallest absolute Gasteiger partial charge is 0.410 e. The quantitative estimate of drug-likeness (QED) is 0.607. The zero-order chi connectivity index (χ0) is 17.9. The summed E-state index contributed by atoms with van der Waals surface area (Å²) in [5.74, 6) is -0.377. The summed E-state index contributed by atoms with van der Waals surface area (Å²) in [7, 11) is 0. The Morgan fingerprint density at radius 1 is 1.38 bits per heavy atom. The number of ether oxygens (including phenoxy) is 1. The maximum absolute atomic E-state index is 12.1. The monoisotopic (exact) mass is 341 g/mol. The van der Waals surface area contributed by atoms with Crippen LogP contribution in [-0.2, 0) is 9.53 Å². The van der Waals surface area contributed by atoms with E-state index in [9.17, 15) is 19.7 Å². The third-order valence-electron chi connectivity index (χ3n) is 4.39. The molecule has 2 rings (SSSR count). The van der Waals surface area contributed by atoms with Crippen LogP contribution in [0.2, 0.25) is 0 Å². The Labute approximate surface area is 142 Å². The van der Waals surface area contributed by atoms with Gasteiger partial charge in [0.05, 0.1) is 0 Å². The topological polar surface area (TPSA) is 102 Å². The van der Waals surface area contributed by atoms with Gasteiger partial charge in [-0.1, -0.05) is 0 Å². The fourth-order valence-corrected chi connectivity index (χ4v) is 3.02. The molecule has 2 fully saturated rings. The van der Waals surface area contributed by atoms with Gasteiger partial charge in [0, 0.05) is 31.0 Å². The van der Waals surface area contributed by atoms with E-state index >= 15 is 0 Å². The molecular formula is C16H27N3O5. The van der Waals surface area contributed by atoms with Crippen LogP contribution in [0, 0.1) is 22.0 Å². The highest BCUT2D eigenvalue weighted by molar-refractivity contribution is 5.81. The molecule has 1 N–H and O–H groups in total. The molecule has 1 saturated carbocycles. The summed E-state index contributed by atoms with van der Waals surface area (Å²) in [6, 6.07) is -0.706. The van der Waals surface area contributed by atoms with Gasteiger partial charge >= 0.3 is 6.09 Å². The average molecular weight is 341 g/mol. The van der Waals surface area contributed by atoms with Gasteiger partial charge in [-0.25, -0.2) is 4.79 Å². The van der Waals surface area contributed by atoms with Crippen molar-refractivity contribution in [3.8, 4) is 0 Å². The van der Waals surface area contributed by atoms with E-state index in [4.69, 9.17) is 4.74 Å². The van der Waals surface area contributed by atoms with Gasteiger partial charge in [0.25, 0.3) is 0 Å². The molecule has 2 amide bonds.